The molecule has 0 saturated carbocycles. The van der Waals surface area contributed by atoms with Gasteiger partial charge in [0.15, 0.2) is 0 Å². The summed E-state index contributed by atoms with van der Waals surface area (Å²) in [6.45, 7) is 0. The first-order valence-corrected chi connectivity index (χ1v) is 9.16. The summed E-state index contributed by atoms with van der Waals surface area (Å²) in [4.78, 5) is 4.74. The molecular formula is C24H15F3N2. The third-order valence-corrected chi connectivity index (χ3v) is 5.04. The summed E-state index contributed by atoms with van der Waals surface area (Å²) >= 11 is 0. The van der Waals surface area contributed by atoms with Gasteiger partial charge in [-0.2, -0.15) is 13.2 Å². The second kappa shape index (κ2) is 6.48. The molecule has 0 saturated heterocycles. The van der Waals surface area contributed by atoms with Crippen LogP contribution < -0.4 is 0 Å². The molecule has 0 radical (unpaired) electrons. The summed E-state index contributed by atoms with van der Waals surface area (Å²) in [5.74, 6) is 0.608. The van der Waals surface area contributed by atoms with Gasteiger partial charge in [-0.1, -0.05) is 60.7 Å². The van der Waals surface area contributed by atoms with Crippen molar-refractivity contribution in [1.29, 1.82) is 0 Å². The molecule has 0 spiro atoms. The van der Waals surface area contributed by atoms with Crippen LogP contribution in [0, 0.1) is 0 Å². The average Bonchev–Trinajstić information content (AvgIpc) is 3.12. The highest BCUT2D eigenvalue weighted by atomic mass is 19.4. The van der Waals surface area contributed by atoms with Crippen LogP contribution >= 0.6 is 0 Å². The number of rotatable bonds is 2. The molecule has 29 heavy (non-hydrogen) atoms. The minimum Gasteiger partial charge on any atom is -0.292 e. The first-order chi connectivity index (χ1) is 14.0. The maximum Gasteiger partial charge on any atom is 0.416 e. The normalized spacial score (nSPS) is 12.0. The van der Waals surface area contributed by atoms with Crippen LogP contribution in [0.3, 0.4) is 0 Å². The molecule has 0 aliphatic rings. The topological polar surface area (TPSA) is 17.8 Å². The Morgan fingerprint density at radius 2 is 1.38 bits per heavy atom. The van der Waals surface area contributed by atoms with Crippen molar-refractivity contribution in [2.45, 2.75) is 6.18 Å². The first kappa shape index (κ1) is 17.5. The molecule has 1 heterocycles. The van der Waals surface area contributed by atoms with Crippen molar-refractivity contribution in [1.82, 2.24) is 9.55 Å². The highest BCUT2D eigenvalue weighted by molar-refractivity contribution is 5.94. The standard InChI is InChI=1S/C24H15F3N2/c25-24(26,27)18-14-12-17(13-15-18)23-28-20-9-3-4-10-22(20)29(23)21-11-5-7-16-6-1-2-8-19(16)21/h1-15H. The van der Waals surface area contributed by atoms with E-state index in [1.165, 1.54) is 12.1 Å². The molecule has 4 aromatic carbocycles. The number of alkyl halides is 3. The predicted octanol–water partition coefficient (Wildman–Crippen LogP) is 6.86. The van der Waals surface area contributed by atoms with E-state index in [2.05, 4.69) is 0 Å². The molecule has 0 bridgehead atoms. The molecule has 0 amide bonds. The monoisotopic (exact) mass is 388 g/mol. The molecule has 0 unspecified atom stereocenters. The van der Waals surface area contributed by atoms with Gasteiger partial charge in [-0.25, -0.2) is 4.98 Å². The number of fused-ring (bicyclic) bond motifs is 2. The van der Waals surface area contributed by atoms with Gasteiger partial charge in [-0.3, -0.25) is 4.57 Å². The van der Waals surface area contributed by atoms with Crippen molar-refractivity contribution >= 4 is 21.8 Å². The van der Waals surface area contributed by atoms with Gasteiger partial charge in [0, 0.05) is 10.9 Å². The van der Waals surface area contributed by atoms with Crippen LogP contribution in [0.2, 0.25) is 0 Å². The summed E-state index contributed by atoms with van der Waals surface area (Å²) < 4.78 is 41.0. The number of nitrogens with zero attached hydrogens (tertiary/aromatic N) is 2. The van der Waals surface area contributed by atoms with Gasteiger partial charge in [0.05, 0.1) is 22.3 Å². The first-order valence-electron chi connectivity index (χ1n) is 9.16. The Morgan fingerprint density at radius 3 is 2.17 bits per heavy atom. The Balaban J connectivity index is 1.80. The van der Waals surface area contributed by atoms with Crippen LogP contribution in [-0.2, 0) is 6.18 Å². The zero-order chi connectivity index (χ0) is 20.0. The maximum atomic E-state index is 13.0. The van der Waals surface area contributed by atoms with Gasteiger partial charge in [-0.05, 0) is 35.7 Å². The summed E-state index contributed by atoms with van der Waals surface area (Å²) in [5.41, 5.74) is 2.58. The Bertz CT molecular complexity index is 1330. The van der Waals surface area contributed by atoms with Gasteiger partial charge in [0.2, 0.25) is 0 Å². The summed E-state index contributed by atoms with van der Waals surface area (Å²) in [5, 5.41) is 2.13. The van der Waals surface area contributed by atoms with Gasteiger partial charge in [0.1, 0.15) is 5.82 Å². The van der Waals surface area contributed by atoms with E-state index in [0.717, 1.165) is 39.6 Å². The number of hydrogen-bond acceptors (Lipinski definition) is 1. The largest absolute Gasteiger partial charge is 0.416 e. The van der Waals surface area contributed by atoms with Crippen LogP contribution in [0.5, 0.6) is 0 Å². The Hall–Kier alpha value is -3.60. The number of para-hydroxylation sites is 2. The van der Waals surface area contributed by atoms with Gasteiger partial charge in [-0.15, -0.1) is 0 Å². The third kappa shape index (κ3) is 2.95. The van der Waals surface area contributed by atoms with E-state index in [1.54, 1.807) is 0 Å². The SMILES string of the molecule is FC(F)(F)c1ccc(-c2nc3ccccc3n2-c2cccc3ccccc23)cc1. The van der Waals surface area contributed by atoms with Gasteiger partial charge < -0.3 is 0 Å². The summed E-state index contributed by atoms with van der Waals surface area (Å²) in [6.07, 6.45) is -4.37. The lowest BCUT2D eigenvalue weighted by Crippen LogP contribution is -2.04. The molecule has 5 rings (SSSR count). The molecule has 5 heteroatoms. The average molecular weight is 388 g/mol. The van der Waals surface area contributed by atoms with E-state index in [1.807, 2.05) is 71.3 Å². The Morgan fingerprint density at radius 1 is 0.690 bits per heavy atom. The molecule has 0 aliphatic heterocycles. The van der Waals surface area contributed by atoms with E-state index < -0.39 is 11.7 Å². The summed E-state index contributed by atoms with van der Waals surface area (Å²) in [7, 11) is 0. The molecule has 0 N–H and O–H groups in total. The maximum absolute atomic E-state index is 13.0. The fraction of sp³-hybridized carbons (Fsp3) is 0.0417. The second-order valence-corrected chi connectivity index (χ2v) is 6.83. The predicted molar refractivity (Wildman–Crippen MR) is 109 cm³/mol. The lowest BCUT2D eigenvalue weighted by Gasteiger charge is -2.13. The molecule has 2 nitrogen and oxygen atoms in total. The van der Waals surface area contributed by atoms with E-state index in [4.69, 9.17) is 4.98 Å². The minimum absolute atomic E-state index is 0.608. The molecule has 0 aliphatic carbocycles. The number of benzene rings is 4. The van der Waals surface area contributed by atoms with Crippen LogP contribution in [0.25, 0.3) is 38.9 Å². The molecule has 142 valence electrons. The number of hydrogen-bond donors (Lipinski definition) is 0. The van der Waals surface area contributed by atoms with E-state index in [0.29, 0.717) is 11.4 Å². The van der Waals surface area contributed by atoms with Crippen molar-refractivity contribution in [3.8, 4) is 17.1 Å². The zero-order valence-electron chi connectivity index (χ0n) is 15.2. The number of aromatic nitrogens is 2. The molecular weight excluding hydrogens is 373 g/mol. The Labute approximate surface area is 164 Å². The van der Waals surface area contributed by atoms with Crippen molar-refractivity contribution in [2.24, 2.45) is 0 Å². The number of halogens is 3. The zero-order valence-corrected chi connectivity index (χ0v) is 15.2. The van der Waals surface area contributed by atoms with E-state index >= 15 is 0 Å². The Kier molecular flexibility index (Phi) is 3.91. The van der Waals surface area contributed by atoms with Crippen LogP contribution in [0.1, 0.15) is 5.56 Å². The lowest BCUT2D eigenvalue weighted by molar-refractivity contribution is -0.137. The van der Waals surface area contributed by atoms with E-state index in [-0.39, 0.29) is 0 Å². The minimum atomic E-state index is -4.37. The number of imidazole rings is 1. The quantitative estimate of drug-likeness (QED) is 0.323. The van der Waals surface area contributed by atoms with Crippen LogP contribution in [0.4, 0.5) is 13.2 Å². The molecule has 1 aromatic heterocycles. The molecule has 5 aromatic rings. The highest BCUT2D eigenvalue weighted by Crippen LogP contribution is 2.34. The molecule has 0 fully saturated rings. The van der Waals surface area contributed by atoms with Gasteiger partial charge in [0.25, 0.3) is 0 Å². The van der Waals surface area contributed by atoms with E-state index in [9.17, 15) is 13.2 Å². The van der Waals surface area contributed by atoms with Crippen molar-refractivity contribution in [2.75, 3.05) is 0 Å². The van der Waals surface area contributed by atoms with Gasteiger partial charge >= 0.3 is 6.18 Å². The molecule has 0 atom stereocenters. The second-order valence-electron chi connectivity index (χ2n) is 6.83. The van der Waals surface area contributed by atoms with Crippen LogP contribution in [-0.4, -0.2) is 9.55 Å². The van der Waals surface area contributed by atoms with Crippen molar-refractivity contribution < 1.29 is 13.2 Å². The summed E-state index contributed by atoms with van der Waals surface area (Å²) in [6, 6.07) is 26.9. The third-order valence-electron chi connectivity index (χ3n) is 5.04. The van der Waals surface area contributed by atoms with Crippen molar-refractivity contribution in [3.05, 3.63) is 96.6 Å². The highest BCUT2D eigenvalue weighted by Gasteiger charge is 2.30. The fourth-order valence-electron chi connectivity index (χ4n) is 3.68. The smallest absolute Gasteiger partial charge is 0.292 e. The lowest BCUT2D eigenvalue weighted by atomic mass is 10.1. The fourth-order valence-corrected chi connectivity index (χ4v) is 3.68. The van der Waals surface area contributed by atoms with Crippen LogP contribution in [0.15, 0.2) is 91.0 Å². The van der Waals surface area contributed by atoms with Crippen molar-refractivity contribution in [3.63, 3.8) is 0 Å².